The Hall–Kier alpha value is -2.20. The van der Waals surface area contributed by atoms with Crippen LogP contribution in [-0.2, 0) is 40.4 Å². The number of benzene rings is 2. The molecule has 4 atom stereocenters. The molecule has 0 amide bonds. The summed E-state index contributed by atoms with van der Waals surface area (Å²) < 4.78 is 49.8. The molecule has 2 aromatic rings. The van der Waals surface area contributed by atoms with Crippen molar-refractivity contribution in [3.63, 3.8) is 0 Å². The first-order valence-corrected chi connectivity index (χ1v) is 23.6. The van der Waals surface area contributed by atoms with Crippen molar-refractivity contribution in [2.75, 3.05) is 26.4 Å². The van der Waals surface area contributed by atoms with E-state index in [1.165, 1.54) is 0 Å². The van der Waals surface area contributed by atoms with Gasteiger partial charge in [-0.15, -0.1) is 0 Å². The maximum atomic E-state index is 13.5. The zero-order valence-corrected chi connectivity index (χ0v) is 38.6. The maximum absolute atomic E-state index is 13.5. The van der Waals surface area contributed by atoms with Crippen LogP contribution in [0.4, 0.5) is 0 Å². The van der Waals surface area contributed by atoms with Gasteiger partial charge >= 0.3 is 48.5 Å². The van der Waals surface area contributed by atoms with E-state index < -0.39 is 39.4 Å². The summed E-state index contributed by atoms with van der Waals surface area (Å²) in [5.41, 5.74) is -1.19. The van der Waals surface area contributed by atoms with E-state index in [1.807, 2.05) is 95.2 Å². The minimum atomic E-state index is -3.63. The Morgan fingerprint density at radius 2 is 0.673 bits per heavy atom. The summed E-state index contributed by atoms with van der Waals surface area (Å²) in [6, 6.07) is 15.7. The first-order chi connectivity index (χ1) is 25.3. The van der Waals surface area contributed by atoms with Gasteiger partial charge in [0, 0.05) is 21.7 Å². The van der Waals surface area contributed by atoms with Crippen molar-refractivity contribution < 1.29 is 40.4 Å². The Morgan fingerprint density at radius 1 is 0.491 bits per heavy atom. The summed E-state index contributed by atoms with van der Waals surface area (Å²) in [5, 5.41) is 0.880. The molecule has 0 aliphatic heterocycles. The normalized spacial score (nSPS) is 14.5. The molecule has 0 heterocycles. The van der Waals surface area contributed by atoms with Gasteiger partial charge < -0.3 is 19.4 Å². The van der Waals surface area contributed by atoms with Crippen LogP contribution in [0.5, 0.6) is 0 Å². The van der Waals surface area contributed by atoms with E-state index in [9.17, 15) is 9.13 Å². The number of halogens is 2. The molecule has 0 saturated carbocycles. The van der Waals surface area contributed by atoms with Crippen LogP contribution in [0, 0.1) is 47.9 Å². The van der Waals surface area contributed by atoms with Crippen molar-refractivity contribution in [3.05, 3.63) is 106 Å². The minimum absolute atomic E-state index is 0.0113. The molecule has 2 rings (SSSR count). The van der Waals surface area contributed by atoms with E-state index in [0.29, 0.717) is 10.6 Å². The van der Waals surface area contributed by atoms with Gasteiger partial charge in [0.2, 0.25) is 0 Å². The van der Waals surface area contributed by atoms with Crippen molar-refractivity contribution in [1.82, 2.24) is 0 Å². The van der Waals surface area contributed by atoms with Gasteiger partial charge in [-0.05, 0) is 24.3 Å². The third-order valence-corrected chi connectivity index (χ3v) is 12.2. The number of hydrogen-bond acceptors (Lipinski definition) is 6. The van der Waals surface area contributed by atoms with E-state index in [1.54, 1.807) is 48.5 Å². The fourth-order valence-corrected chi connectivity index (χ4v) is 7.36. The molecular formula is C40H58Cl2FeN4O6P2. The van der Waals surface area contributed by atoms with Gasteiger partial charge in [-0.25, -0.2) is 26.3 Å². The molecule has 0 fully saturated rings. The fraction of sp³-hybridized carbons (Fsp3) is 0.600. The molecule has 0 bridgehead atoms. The molecule has 0 spiro atoms. The fourth-order valence-electron chi connectivity index (χ4n) is 4.19. The quantitative estimate of drug-likeness (QED) is 0.107. The van der Waals surface area contributed by atoms with Gasteiger partial charge in [-0.2, -0.15) is 0 Å². The third-order valence-electron chi connectivity index (χ3n) is 8.38. The third kappa shape index (κ3) is 19.2. The molecule has 55 heavy (non-hydrogen) atoms. The van der Waals surface area contributed by atoms with Crippen LogP contribution >= 0.6 is 35.4 Å². The standard InChI is InChI=1S/2C20H29N2O3P.2ClH.Fe/c2*1-19(2,3)17(21-7)14-24-26(23,16-12-10-9-11-13-16)25-15-18(22-8)20(4,5)6;;;/h2*9-13,17-18H,14-15H2,1-6H3;2*1H;/q;;;;+2/p-2/t2*17-,18-;;;/m11.../s1. The molecule has 0 radical (unpaired) electrons. The van der Waals surface area contributed by atoms with Crippen LogP contribution in [0.2, 0.25) is 0 Å². The molecule has 10 nitrogen and oxygen atoms in total. The van der Waals surface area contributed by atoms with Crippen molar-refractivity contribution >= 4 is 46.0 Å². The van der Waals surface area contributed by atoms with Crippen LogP contribution in [-0.4, -0.2) is 50.6 Å². The average molecular weight is 880 g/mol. The van der Waals surface area contributed by atoms with Crippen molar-refractivity contribution in [2.24, 2.45) is 21.7 Å². The van der Waals surface area contributed by atoms with Crippen molar-refractivity contribution in [2.45, 2.75) is 107 Å². The summed E-state index contributed by atoms with van der Waals surface area (Å²) >= 11 is 0.194. The van der Waals surface area contributed by atoms with Gasteiger partial charge in [0.15, 0.2) is 0 Å². The number of nitrogens with zero attached hydrogens (tertiary/aromatic N) is 4. The number of rotatable bonds is 14. The average Bonchev–Trinajstić information content (AvgIpc) is 3.08. The van der Waals surface area contributed by atoms with E-state index in [0.717, 1.165) is 0 Å². The zero-order chi connectivity index (χ0) is 42.7. The first-order valence-electron chi connectivity index (χ1n) is 17.5. The summed E-state index contributed by atoms with van der Waals surface area (Å²) in [6.45, 7) is 52.9. The molecule has 0 aromatic heterocycles. The van der Waals surface area contributed by atoms with E-state index >= 15 is 0 Å². The van der Waals surface area contributed by atoms with Crippen LogP contribution in [0.25, 0.3) is 19.4 Å². The summed E-state index contributed by atoms with van der Waals surface area (Å²) in [7, 11) is 2.26. The van der Waals surface area contributed by atoms with E-state index in [2.05, 4.69) is 19.4 Å². The Kier molecular flexibility index (Phi) is 22.9. The predicted molar refractivity (Wildman–Crippen MR) is 222 cm³/mol. The van der Waals surface area contributed by atoms with Crippen molar-refractivity contribution in [3.8, 4) is 0 Å². The van der Waals surface area contributed by atoms with Gasteiger partial charge in [0.05, 0.1) is 10.6 Å². The van der Waals surface area contributed by atoms with Crippen LogP contribution in [0.15, 0.2) is 60.7 Å². The van der Waals surface area contributed by atoms with Crippen LogP contribution < -0.4 is 10.6 Å². The van der Waals surface area contributed by atoms with Crippen LogP contribution in [0.3, 0.4) is 0 Å². The Morgan fingerprint density at radius 3 is 0.818 bits per heavy atom. The molecule has 306 valence electrons. The van der Waals surface area contributed by atoms with Gasteiger partial charge in [0.25, 0.3) is 24.2 Å². The summed E-state index contributed by atoms with van der Waals surface area (Å²) in [6.07, 6.45) is 0. The molecular weight excluding hydrogens is 821 g/mol. The second kappa shape index (κ2) is 23.9. The van der Waals surface area contributed by atoms with Gasteiger partial charge in [0.1, 0.15) is 26.4 Å². The van der Waals surface area contributed by atoms with Crippen molar-refractivity contribution in [1.29, 1.82) is 0 Å². The topological polar surface area (TPSA) is 88.5 Å². The molecule has 15 heteroatoms. The first kappa shape index (κ1) is 52.8. The Labute approximate surface area is 346 Å². The SMILES string of the molecule is [C-]#[N+][C@H](COP(=O)(OC[C@@H]([N+]#[C-])C(C)(C)C)c1ccccc1)C(C)(C)C.[C-]#[N+][C@H](COP(=O)(OC[C@@H]([N+]#[C-])C(C)(C)C)c1ccccc1)C(C)(C)C.[Cl][Fe][Cl]. The molecule has 2 aromatic carbocycles. The molecule has 0 unspecified atom stereocenters. The Bertz CT molecular complexity index is 1490. The molecule has 0 saturated heterocycles. The van der Waals surface area contributed by atoms with Gasteiger partial charge in [-0.1, -0.05) is 119 Å². The van der Waals surface area contributed by atoms with E-state index in [4.69, 9.17) is 64.6 Å². The summed E-state index contributed by atoms with van der Waals surface area (Å²) in [4.78, 5) is 14.4. The number of hydrogen-bond donors (Lipinski definition) is 0. The van der Waals surface area contributed by atoms with Gasteiger partial charge in [-0.3, -0.25) is 27.2 Å². The predicted octanol–water partition coefficient (Wildman–Crippen LogP) is 11.8. The Balaban J connectivity index is 0.000000989. The van der Waals surface area contributed by atoms with Crippen LogP contribution in [0.1, 0.15) is 83.1 Å². The molecule has 0 aliphatic rings. The monoisotopic (exact) mass is 878 g/mol. The second-order valence-electron chi connectivity index (χ2n) is 16.9. The zero-order valence-electron chi connectivity index (χ0n) is 34.2. The molecule has 0 N–H and O–H groups in total. The molecule has 0 aliphatic carbocycles. The summed E-state index contributed by atoms with van der Waals surface area (Å²) in [5.74, 6) is 0. The second-order valence-corrected chi connectivity index (χ2v) is 22.8. The van der Waals surface area contributed by atoms with E-state index in [-0.39, 0.29) is 61.2 Å².